The molecule has 3 fully saturated rings. The number of benzene rings is 3. The summed E-state index contributed by atoms with van der Waals surface area (Å²) >= 11 is 0. The summed E-state index contributed by atoms with van der Waals surface area (Å²) in [6, 6.07) is 23.3. The van der Waals surface area contributed by atoms with E-state index in [0.29, 0.717) is 12.0 Å². The molecule has 68 heavy (non-hydrogen) atoms. The first kappa shape index (κ1) is 50.1. The van der Waals surface area contributed by atoms with E-state index in [4.69, 9.17) is 23.7 Å². The molecule has 1 unspecified atom stereocenters. The van der Waals surface area contributed by atoms with Gasteiger partial charge in [-0.05, 0) is 61.2 Å². The molecule has 2 bridgehead atoms. The van der Waals surface area contributed by atoms with Crippen molar-refractivity contribution < 1.29 is 67.8 Å². The number of nitrogens with one attached hydrogen (secondary N) is 1. The zero-order valence-electron chi connectivity index (χ0n) is 39.5. The summed E-state index contributed by atoms with van der Waals surface area (Å²) in [6.45, 7) is 8.92. The molecule has 0 radical (unpaired) electrons. The second-order valence-corrected chi connectivity index (χ2v) is 19.4. The molecule has 3 aromatic carbocycles. The Hall–Kier alpha value is -5.74. The van der Waals surface area contributed by atoms with Crippen molar-refractivity contribution in [2.45, 2.75) is 147 Å². The van der Waals surface area contributed by atoms with Crippen LogP contribution >= 0.6 is 0 Å². The molecule has 3 aliphatic carbocycles. The molecule has 15 heteroatoms. The van der Waals surface area contributed by atoms with Gasteiger partial charge in [-0.3, -0.25) is 19.2 Å². The topological polar surface area (TPSA) is 221 Å². The molecule has 4 aliphatic rings. The number of ketones is 1. The molecule has 11 atom stereocenters. The number of esters is 4. The second kappa shape index (κ2) is 20.1. The van der Waals surface area contributed by atoms with E-state index in [1.165, 1.54) is 19.1 Å². The van der Waals surface area contributed by atoms with E-state index in [9.17, 15) is 34.5 Å². The fourth-order valence-corrected chi connectivity index (χ4v) is 11.0. The van der Waals surface area contributed by atoms with E-state index in [1.807, 2.05) is 0 Å². The molecule has 1 heterocycles. The van der Waals surface area contributed by atoms with Crippen LogP contribution < -0.4 is 5.32 Å². The SMILES string of the molecule is CCCCCCCC(=O)O[C@@H](C(=O)O[C@H]1C[C@@]2(O)[C@@H](OC(=O)c3ccccc3)C3[C@]4(O)CO[C@@H]4C[C@H](O)[C@@]3(C)C(=O)[C@H](OC(C)=O)C(=C1C)C2(C)C)[C@@H](NC(=O)c1ccccc1)c1ccccc1. The Bertz CT molecular complexity index is 2390. The van der Waals surface area contributed by atoms with Crippen LogP contribution in [0.4, 0.5) is 0 Å². The van der Waals surface area contributed by atoms with Gasteiger partial charge >= 0.3 is 23.9 Å². The van der Waals surface area contributed by atoms with Gasteiger partial charge in [0.1, 0.15) is 29.5 Å². The van der Waals surface area contributed by atoms with Gasteiger partial charge in [-0.25, -0.2) is 9.59 Å². The van der Waals surface area contributed by atoms with Gasteiger partial charge in [0.15, 0.2) is 11.9 Å². The highest BCUT2D eigenvalue weighted by molar-refractivity contribution is 5.96. The summed E-state index contributed by atoms with van der Waals surface area (Å²) in [6.07, 6.45) is -6.25. The second-order valence-electron chi connectivity index (χ2n) is 19.4. The maximum absolute atomic E-state index is 15.5. The molecule has 1 saturated heterocycles. The van der Waals surface area contributed by atoms with Crippen molar-refractivity contribution in [3.05, 3.63) is 119 Å². The van der Waals surface area contributed by atoms with Gasteiger partial charge in [-0.2, -0.15) is 0 Å². The summed E-state index contributed by atoms with van der Waals surface area (Å²) in [5, 5.41) is 41.3. The smallest absolute Gasteiger partial charge is 0.350 e. The maximum Gasteiger partial charge on any atom is 0.350 e. The van der Waals surface area contributed by atoms with Crippen LogP contribution in [-0.2, 0) is 42.9 Å². The van der Waals surface area contributed by atoms with E-state index in [2.05, 4.69) is 12.2 Å². The minimum Gasteiger partial charge on any atom is -0.455 e. The highest BCUT2D eigenvalue weighted by atomic mass is 16.6. The molecule has 1 amide bonds. The van der Waals surface area contributed by atoms with Crippen LogP contribution in [0.2, 0.25) is 0 Å². The first-order chi connectivity index (χ1) is 32.3. The van der Waals surface area contributed by atoms with E-state index in [-0.39, 0.29) is 41.7 Å². The number of amides is 1. The number of hydrogen-bond acceptors (Lipinski definition) is 14. The Balaban J connectivity index is 1.37. The lowest BCUT2D eigenvalue weighted by atomic mass is 9.44. The third kappa shape index (κ3) is 9.25. The van der Waals surface area contributed by atoms with E-state index >= 15 is 9.59 Å². The van der Waals surface area contributed by atoms with Crippen LogP contribution in [-0.4, -0.2) is 105 Å². The van der Waals surface area contributed by atoms with Gasteiger partial charge in [-0.1, -0.05) is 113 Å². The van der Waals surface area contributed by atoms with E-state index < -0.39 is 113 Å². The third-order valence-electron chi connectivity index (χ3n) is 14.9. The molecule has 0 aromatic heterocycles. The van der Waals surface area contributed by atoms with Gasteiger partial charge < -0.3 is 44.3 Å². The van der Waals surface area contributed by atoms with Crippen molar-refractivity contribution in [3.8, 4) is 0 Å². The Labute approximate surface area is 396 Å². The first-order valence-electron chi connectivity index (χ1n) is 23.5. The normalized spacial score (nSPS) is 30.1. The molecule has 4 N–H and O–H groups in total. The Morgan fingerprint density at radius 2 is 1.43 bits per heavy atom. The largest absolute Gasteiger partial charge is 0.455 e. The fourth-order valence-electron chi connectivity index (χ4n) is 11.0. The number of aliphatic hydroxyl groups excluding tert-OH is 1. The van der Waals surface area contributed by atoms with Crippen LogP contribution in [0.25, 0.3) is 0 Å². The number of fused-ring (bicyclic) bond motifs is 5. The Kier molecular flexibility index (Phi) is 14.8. The zero-order chi connectivity index (χ0) is 49.2. The van der Waals surface area contributed by atoms with Crippen molar-refractivity contribution in [1.82, 2.24) is 5.32 Å². The summed E-state index contributed by atoms with van der Waals surface area (Å²) in [4.78, 5) is 85.6. The third-order valence-corrected chi connectivity index (χ3v) is 14.9. The number of carbonyl (C=O) groups excluding carboxylic acids is 6. The van der Waals surface area contributed by atoms with Crippen LogP contribution in [0.15, 0.2) is 102 Å². The molecule has 0 spiro atoms. The molecule has 2 saturated carbocycles. The Morgan fingerprint density at radius 3 is 2.01 bits per heavy atom. The van der Waals surface area contributed by atoms with Crippen LogP contribution in [0.5, 0.6) is 0 Å². The van der Waals surface area contributed by atoms with E-state index in [0.717, 1.165) is 32.6 Å². The van der Waals surface area contributed by atoms with Gasteiger partial charge in [0.25, 0.3) is 5.91 Å². The minimum atomic E-state index is -2.39. The van der Waals surface area contributed by atoms with Gasteiger partial charge in [0.05, 0.1) is 29.8 Å². The van der Waals surface area contributed by atoms with Crippen LogP contribution in [0, 0.1) is 16.7 Å². The summed E-state index contributed by atoms with van der Waals surface area (Å²) in [7, 11) is 0. The molecular weight excluding hydrogens is 875 g/mol. The van der Waals surface area contributed by atoms with Crippen molar-refractivity contribution >= 4 is 35.6 Å². The number of hydrogen-bond donors (Lipinski definition) is 4. The highest BCUT2D eigenvalue weighted by Gasteiger charge is 2.77. The molecule has 364 valence electrons. The number of carbonyl (C=O) groups is 6. The van der Waals surface area contributed by atoms with Crippen LogP contribution in [0.3, 0.4) is 0 Å². The molecule has 15 nitrogen and oxygen atoms in total. The molecule has 7 rings (SSSR count). The van der Waals surface area contributed by atoms with Gasteiger partial charge in [0, 0.05) is 43.1 Å². The van der Waals surface area contributed by atoms with E-state index in [1.54, 1.807) is 99.6 Å². The predicted molar refractivity (Wildman–Crippen MR) is 245 cm³/mol. The number of ether oxygens (including phenoxy) is 5. The standard InChI is InChI=1S/C53H63NO14/c1-7-8-9-10-20-27-39(57)67-43(41(33-21-14-11-15-22-33)54-47(59)34-23-16-12-17-24-34)49(61)66-36-29-53(63)46(68-48(60)35-25-18-13-19-26-35)44-51(6,37(56)28-38-52(44,62)30-64-38)45(58)42(65-32(3)55)40(31(36)2)50(53,4)5/h11-19,21-26,36-38,41-44,46,56,62-63H,7-10,20,27-30H2,1-6H3,(H,54,59)/t36-,37-,38+,41-,42+,43+,44?,46-,51+,52-,53+/m0/s1. The molecule has 1 aliphatic heterocycles. The highest BCUT2D eigenvalue weighted by Crippen LogP contribution is 2.63. The monoisotopic (exact) mass is 937 g/mol. The number of unbranched alkanes of at least 4 members (excludes halogenated alkanes) is 4. The van der Waals surface area contributed by atoms with Crippen LogP contribution in [0.1, 0.15) is 125 Å². The fraction of sp³-hybridized carbons (Fsp3) is 0.509. The summed E-state index contributed by atoms with van der Waals surface area (Å²) < 4.78 is 30.4. The van der Waals surface area contributed by atoms with Crippen molar-refractivity contribution in [2.75, 3.05) is 6.61 Å². The van der Waals surface area contributed by atoms with Crippen molar-refractivity contribution in [3.63, 3.8) is 0 Å². The summed E-state index contributed by atoms with van der Waals surface area (Å²) in [5.74, 6) is -6.68. The number of rotatable bonds is 16. The minimum absolute atomic E-state index is 0.00784. The predicted octanol–water partition coefficient (Wildman–Crippen LogP) is 6.08. The van der Waals surface area contributed by atoms with Gasteiger partial charge in [-0.15, -0.1) is 0 Å². The summed E-state index contributed by atoms with van der Waals surface area (Å²) in [5.41, 5.74) is -7.13. The van der Waals surface area contributed by atoms with Crippen molar-refractivity contribution in [2.24, 2.45) is 16.7 Å². The lowest BCUT2D eigenvalue weighted by molar-refractivity contribution is -0.343. The van der Waals surface area contributed by atoms with Gasteiger partial charge in [0.2, 0.25) is 6.10 Å². The lowest BCUT2D eigenvalue weighted by Gasteiger charge is -2.66. The Morgan fingerprint density at radius 1 is 0.824 bits per heavy atom. The molecule has 3 aromatic rings. The molecular formula is C53H63NO14. The first-order valence-corrected chi connectivity index (χ1v) is 23.5. The average molecular weight is 938 g/mol. The zero-order valence-corrected chi connectivity index (χ0v) is 39.5. The quantitative estimate of drug-likeness (QED) is 0.0554. The number of aliphatic hydroxyl groups is 3. The van der Waals surface area contributed by atoms with Crippen molar-refractivity contribution in [1.29, 1.82) is 0 Å². The number of Topliss-reactive ketones (excluding diaryl/α,β-unsaturated/α-hetero) is 1. The maximum atomic E-state index is 15.5. The lowest BCUT2D eigenvalue weighted by Crippen LogP contribution is -2.81. The average Bonchev–Trinajstić information content (AvgIpc) is 3.31.